The minimum atomic E-state index is 0.631. The zero-order chi connectivity index (χ0) is 30.3. The lowest BCUT2D eigenvalue weighted by Crippen LogP contribution is -2.11. The molecular weight excluding hydrogens is 546 g/mol. The minimum absolute atomic E-state index is 0.631. The summed E-state index contributed by atoms with van der Waals surface area (Å²) in [6, 6.07) is 55.7. The summed E-state index contributed by atoms with van der Waals surface area (Å²) < 4.78 is 0. The molecule has 0 amide bonds. The fourth-order valence-corrected chi connectivity index (χ4v) is 6.54. The molecule has 0 bridgehead atoms. The van der Waals surface area contributed by atoms with Gasteiger partial charge in [-0.15, -0.1) is 0 Å². The van der Waals surface area contributed by atoms with Gasteiger partial charge in [0, 0.05) is 33.5 Å². The molecule has 3 heteroatoms. The summed E-state index contributed by atoms with van der Waals surface area (Å²) in [7, 11) is 0. The van der Waals surface area contributed by atoms with Crippen LogP contribution in [-0.4, -0.2) is 0 Å². The molecule has 0 aliphatic heterocycles. The topological polar surface area (TPSA) is 10.8 Å². The number of rotatable bonds is 6. The maximum atomic E-state index is 7.45. The van der Waals surface area contributed by atoms with Gasteiger partial charge in [0.25, 0.3) is 0 Å². The molecule has 0 saturated heterocycles. The lowest BCUT2D eigenvalue weighted by atomic mass is 9.91. The largest absolute Gasteiger partial charge is 0.310 e. The highest BCUT2D eigenvalue weighted by molar-refractivity contribution is 6.28. The molecule has 0 N–H and O–H groups in total. The van der Waals surface area contributed by atoms with Crippen molar-refractivity contribution >= 4 is 72.1 Å². The van der Waals surface area contributed by atoms with Gasteiger partial charge in [0.15, 0.2) is 5.69 Å². The van der Waals surface area contributed by atoms with Crippen molar-refractivity contribution in [3.63, 3.8) is 0 Å². The molecule has 8 aromatic carbocycles. The number of nitrogens with zero attached hydrogens (tertiary/aromatic N) is 3. The molecular formula is C42H29N3. The van der Waals surface area contributed by atoms with Crippen LogP contribution in [0.2, 0.25) is 0 Å². The number of para-hydroxylation sites is 2. The van der Waals surface area contributed by atoms with Crippen LogP contribution in [0.3, 0.4) is 0 Å². The maximum absolute atomic E-state index is 7.45. The van der Waals surface area contributed by atoms with Gasteiger partial charge in [0.05, 0.1) is 17.9 Å². The van der Waals surface area contributed by atoms with E-state index in [1.165, 1.54) is 37.9 Å². The van der Waals surface area contributed by atoms with E-state index >= 15 is 0 Å². The van der Waals surface area contributed by atoms with Crippen molar-refractivity contribution in [2.24, 2.45) is 0 Å². The van der Waals surface area contributed by atoms with Gasteiger partial charge in [-0.25, -0.2) is 4.85 Å². The first-order valence-electron chi connectivity index (χ1n) is 15.1. The second-order valence-corrected chi connectivity index (χ2v) is 11.4. The highest BCUT2D eigenvalue weighted by atomic mass is 15.1. The summed E-state index contributed by atoms with van der Waals surface area (Å²) in [6.07, 6.45) is 0. The first kappa shape index (κ1) is 26.5. The first-order chi connectivity index (χ1) is 22.2. The average molecular weight is 576 g/mol. The fourth-order valence-electron chi connectivity index (χ4n) is 6.54. The lowest BCUT2D eigenvalue weighted by Gasteiger charge is -2.29. The second kappa shape index (κ2) is 10.9. The fraction of sp³-hybridized carbons (Fsp3) is 0.0238. The highest BCUT2D eigenvalue weighted by Gasteiger charge is 2.21. The van der Waals surface area contributed by atoms with Crippen LogP contribution in [0.5, 0.6) is 0 Å². The summed E-state index contributed by atoms with van der Waals surface area (Å²) in [5, 5.41) is 7.33. The van der Waals surface area contributed by atoms with Crippen molar-refractivity contribution in [1.82, 2.24) is 0 Å². The van der Waals surface area contributed by atoms with Crippen LogP contribution < -0.4 is 9.80 Å². The Bertz CT molecular complexity index is 2320. The van der Waals surface area contributed by atoms with Crippen molar-refractivity contribution in [3.05, 3.63) is 175 Å². The van der Waals surface area contributed by atoms with Gasteiger partial charge in [-0.3, -0.25) is 0 Å². The number of benzene rings is 8. The van der Waals surface area contributed by atoms with Crippen molar-refractivity contribution < 1.29 is 0 Å². The van der Waals surface area contributed by atoms with Gasteiger partial charge in [-0.05, 0) is 89.1 Å². The van der Waals surface area contributed by atoms with Gasteiger partial charge in [-0.2, -0.15) is 0 Å². The van der Waals surface area contributed by atoms with E-state index in [9.17, 15) is 0 Å². The third-order valence-corrected chi connectivity index (χ3v) is 8.66. The molecule has 8 rings (SSSR count). The van der Waals surface area contributed by atoms with E-state index in [2.05, 4.69) is 149 Å². The van der Waals surface area contributed by atoms with Crippen LogP contribution in [0.1, 0.15) is 5.56 Å². The van der Waals surface area contributed by atoms with Crippen molar-refractivity contribution in [2.75, 3.05) is 9.80 Å². The Labute approximate surface area is 263 Å². The zero-order valence-electron chi connectivity index (χ0n) is 24.9. The number of hydrogen-bond donors (Lipinski definition) is 0. The van der Waals surface area contributed by atoms with Gasteiger partial charge < -0.3 is 9.80 Å². The average Bonchev–Trinajstić information content (AvgIpc) is 3.10. The Hall–Kier alpha value is -6.11. The van der Waals surface area contributed by atoms with Crippen molar-refractivity contribution in [3.8, 4) is 0 Å². The van der Waals surface area contributed by atoms with Crippen molar-refractivity contribution in [2.45, 2.75) is 6.92 Å². The van der Waals surface area contributed by atoms with Gasteiger partial charge in [0.2, 0.25) is 0 Å². The van der Waals surface area contributed by atoms with E-state index < -0.39 is 0 Å². The lowest BCUT2D eigenvalue weighted by molar-refractivity contribution is 1.29. The van der Waals surface area contributed by atoms with Crippen LogP contribution in [0.4, 0.5) is 39.8 Å². The van der Waals surface area contributed by atoms with E-state index in [1.54, 1.807) is 0 Å². The normalized spacial score (nSPS) is 11.2. The summed E-state index contributed by atoms with van der Waals surface area (Å²) in [6.45, 7) is 9.58. The van der Waals surface area contributed by atoms with Gasteiger partial charge >= 0.3 is 0 Å². The van der Waals surface area contributed by atoms with Crippen LogP contribution in [0, 0.1) is 13.5 Å². The quantitative estimate of drug-likeness (QED) is 0.144. The summed E-state index contributed by atoms with van der Waals surface area (Å²) in [5.74, 6) is 0. The number of aryl methyl sites for hydroxylation is 1. The Balaban J connectivity index is 1.40. The first-order valence-corrected chi connectivity index (χ1v) is 15.1. The smallest absolute Gasteiger partial charge is 0.187 e. The maximum Gasteiger partial charge on any atom is 0.187 e. The van der Waals surface area contributed by atoms with Crippen molar-refractivity contribution in [1.29, 1.82) is 0 Å². The summed E-state index contributed by atoms with van der Waals surface area (Å²) >= 11 is 0. The van der Waals surface area contributed by atoms with Gasteiger partial charge in [0.1, 0.15) is 0 Å². The van der Waals surface area contributed by atoms with Crippen LogP contribution >= 0.6 is 0 Å². The molecule has 0 heterocycles. The minimum Gasteiger partial charge on any atom is -0.310 e. The Morgan fingerprint density at radius 2 is 0.822 bits per heavy atom. The Kier molecular flexibility index (Phi) is 6.40. The molecule has 0 atom stereocenters. The van der Waals surface area contributed by atoms with Crippen LogP contribution in [-0.2, 0) is 0 Å². The van der Waals surface area contributed by atoms with Crippen LogP contribution in [0.25, 0.3) is 37.2 Å². The Morgan fingerprint density at radius 1 is 0.422 bits per heavy atom. The molecule has 0 spiro atoms. The number of anilines is 6. The molecule has 0 radical (unpaired) electrons. The molecule has 0 aliphatic rings. The molecule has 0 unspecified atom stereocenters. The molecule has 3 nitrogen and oxygen atoms in total. The van der Waals surface area contributed by atoms with Gasteiger partial charge in [-0.1, -0.05) is 103 Å². The predicted octanol–water partition coefficient (Wildman–Crippen LogP) is 12.4. The zero-order valence-corrected chi connectivity index (χ0v) is 24.9. The SMILES string of the molecule is [C-]#[N+]c1ccc(N(c2ccccc2)c2ccc3ccc4c(N(c5ccccc5)c5ccc(C)cc5)ccc5ccc2c3c54)cc1. The van der Waals surface area contributed by atoms with E-state index in [1.807, 2.05) is 30.3 Å². The molecule has 0 fully saturated rings. The summed E-state index contributed by atoms with van der Waals surface area (Å²) in [4.78, 5) is 8.28. The highest BCUT2D eigenvalue weighted by Crippen LogP contribution is 2.47. The molecule has 45 heavy (non-hydrogen) atoms. The predicted molar refractivity (Wildman–Crippen MR) is 191 cm³/mol. The standard InChI is InChI=1S/C42H29N3/c1-29-13-21-35(22-14-29)44(33-9-5-3-6-10-33)39-27-17-30-16-26-38-40(28-18-31-15-25-37(39)41(30)42(31)38)45(34-11-7-4-8-12-34)36-23-19-32(43-2)20-24-36/h3-28H,1H3. The second-order valence-electron chi connectivity index (χ2n) is 11.4. The molecule has 0 aromatic heterocycles. The molecule has 0 aliphatic carbocycles. The third kappa shape index (κ3) is 4.52. The monoisotopic (exact) mass is 575 g/mol. The molecule has 0 saturated carbocycles. The van der Waals surface area contributed by atoms with Crippen LogP contribution in [0.15, 0.2) is 158 Å². The number of hydrogen-bond acceptors (Lipinski definition) is 2. The molecule has 212 valence electrons. The van der Waals surface area contributed by atoms with E-state index in [0.717, 1.165) is 34.1 Å². The van der Waals surface area contributed by atoms with E-state index in [-0.39, 0.29) is 0 Å². The van der Waals surface area contributed by atoms with E-state index in [0.29, 0.717) is 5.69 Å². The summed E-state index contributed by atoms with van der Waals surface area (Å²) in [5.41, 5.74) is 8.44. The third-order valence-electron chi connectivity index (χ3n) is 8.66. The van der Waals surface area contributed by atoms with E-state index in [4.69, 9.17) is 6.57 Å². The Morgan fingerprint density at radius 3 is 1.27 bits per heavy atom. The molecule has 8 aromatic rings.